The van der Waals surface area contributed by atoms with Crippen molar-refractivity contribution in [1.82, 2.24) is 4.90 Å². The molecule has 10 heteroatoms. The zero-order valence-corrected chi connectivity index (χ0v) is 19.3. The molecule has 0 aliphatic rings. The van der Waals surface area contributed by atoms with Crippen LogP contribution in [0.1, 0.15) is 30.6 Å². The Bertz CT molecular complexity index is 1080. The summed E-state index contributed by atoms with van der Waals surface area (Å²) in [6.45, 7) is 3.37. The van der Waals surface area contributed by atoms with Crippen molar-refractivity contribution < 1.29 is 27.5 Å². The Morgan fingerprint density at radius 1 is 0.969 bits per heavy atom. The van der Waals surface area contributed by atoms with E-state index in [1.807, 2.05) is 0 Å². The van der Waals surface area contributed by atoms with Crippen molar-refractivity contribution in [2.45, 2.75) is 25.2 Å². The van der Waals surface area contributed by atoms with Crippen molar-refractivity contribution in [3.8, 4) is 5.75 Å². The number of carbonyl (C=O) groups is 3. The number of amides is 3. The highest BCUT2D eigenvalue weighted by molar-refractivity contribution is 7.90. The third-order valence-corrected chi connectivity index (χ3v) is 5.42. The molecule has 0 saturated carbocycles. The molecule has 0 fully saturated rings. The largest absolute Gasteiger partial charge is 0.493 e. The van der Waals surface area contributed by atoms with Gasteiger partial charge in [0.05, 0.1) is 11.5 Å². The van der Waals surface area contributed by atoms with Gasteiger partial charge in [-0.05, 0) is 42.8 Å². The lowest BCUT2D eigenvalue weighted by Gasteiger charge is -2.19. The summed E-state index contributed by atoms with van der Waals surface area (Å²) < 4.78 is 28.9. The van der Waals surface area contributed by atoms with E-state index in [4.69, 9.17) is 4.74 Å². The second-order valence-electron chi connectivity index (χ2n) is 7.34. The predicted octanol–water partition coefficient (Wildman–Crippen LogP) is 2.55. The van der Waals surface area contributed by atoms with E-state index in [1.165, 1.54) is 30.9 Å². The molecule has 0 saturated heterocycles. The number of nitrogens with zero attached hydrogens (tertiary/aromatic N) is 1. The van der Waals surface area contributed by atoms with Crippen molar-refractivity contribution in [3.63, 3.8) is 0 Å². The molecule has 0 unspecified atom stereocenters. The lowest BCUT2D eigenvalue weighted by molar-refractivity contribution is -0.115. The number of benzene rings is 2. The molecule has 0 aliphatic carbocycles. The van der Waals surface area contributed by atoms with Gasteiger partial charge in [-0.1, -0.05) is 6.07 Å². The lowest BCUT2D eigenvalue weighted by atomic mass is 10.1. The Morgan fingerprint density at radius 2 is 1.56 bits per heavy atom. The number of hydrogen-bond acceptors (Lipinski definition) is 6. The van der Waals surface area contributed by atoms with Crippen molar-refractivity contribution in [2.75, 3.05) is 37.1 Å². The van der Waals surface area contributed by atoms with Crippen LogP contribution in [0.2, 0.25) is 0 Å². The Balaban J connectivity index is 2.00. The number of hydrogen-bond donors (Lipinski definition) is 2. The molecular formula is C22H27N3O6S. The van der Waals surface area contributed by atoms with Crippen LogP contribution >= 0.6 is 0 Å². The van der Waals surface area contributed by atoms with Gasteiger partial charge in [-0.15, -0.1) is 0 Å². The quantitative estimate of drug-likeness (QED) is 0.554. The van der Waals surface area contributed by atoms with E-state index in [9.17, 15) is 22.8 Å². The van der Waals surface area contributed by atoms with Crippen molar-refractivity contribution in [3.05, 3.63) is 48.0 Å². The van der Waals surface area contributed by atoms with Gasteiger partial charge in [0.25, 0.3) is 5.91 Å². The Morgan fingerprint density at radius 3 is 2.09 bits per heavy atom. The number of nitrogens with one attached hydrogen (secondary N) is 2. The first-order valence-corrected chi connectivity index (χ1v) is 11.7. The molecule has 2 N–H and O–H groups in total. The first-order valence-electron chi connectivity index (χ1n) is 9.84. The van der Waals surface area contributed by atoms with Gasteiger partial charge in [-0.3, -0.25) is 14.4 Å². The van der Waals surface area contributed by atoms with Crippen LogP contribution < -0.4 is 15.4 Å². The molecule has 172 valence electrons. The van der Waals surface area contributed by atoms with Gasteiger partial charge in [-0.2, -0.15) is 0 Å². The summed E-state index contributed by atoms with van der Waals surface area (Å²) in [5.74, 6) is -0.449. The number of rotatable bonds is 9. The van der Waals surface area contributed by atoms with E-state index in [0.717, 1.165) is 6.26 Å². The Kier molecular flexibility index (Phi) is 8.36. The second kappa shape index (κ2) is 10.8. The molecular weight excluding hydrogens is 434 g/mol. The van der Waals surface area contributed by atoms with E-state index in [2.05, 4.69) is 10.6 Å². The third-order valence-electron chi connectivity index (χ3n) is 4.31. The first kappa shape index (κ1) is 24.9. The lowest BCUT2D eigenvalue weighted by Crippen LogP contribution is -2.29. The number of sulfone groups is 1. The fraction of sp³-hybridized carbons (Fsp3) is 0.318. The van der Waals surface area contributed by atoms with Crippen LogP contribution in [0.15, 0.2) is 47.4 Å². The van der Waals surface area contributed by atoms with Gasteiger partial charge < -0.3 is 20.3 Å². The van der Waals surface area contributed by atoms with E-state index < -0.39 is 9.84 Å². The minimum absolute atomic E-state index is 0.177. The summed E-state index contributed by atoms with van der Waals surface area (Å²) in [5.41, 5.74) is 1.11. The highest BCUT2D eigenvalue weighted by atomic mass is 32.2. The summed E-state index contributed by atoms with van der Waals surface area (Å²) in [6, 6.07) is 10.9. The van der Waals surface area contributed by atoms with Gasteiger partial charge in [0.15, 0.2) is 9.84 Å². The second-order valence-corrected chi connectivity index (χ2v) is 9.35. The minimum Gasteiger partial charge on any atom is -0.493 e. The van der Waals surface area contributed by atoms with Gasteiger partial charge in [0, 0.05) is 50.6 Å². The fourth-order valence-electron chi connectivity index (χ4n) is 2.91. The van der Waals surface area contributed by atoms with Crippen molar-refractivity contribution in [1.29, 1.82) is 0 Å². The molecule has 2 aromatic carbocycles. The molecule has 0 aromatic heterocycles. The highest BCUT2D eigenvalue weighted by Gasteiger charge is 2.15. The summed E-state index contributed by atoms with van der Waals surface area (Å²) in [4.78, 5) is 37.3. The molecule has 9 nitrogen and oxygen atoms in total. The van der Waals surface area contributed by atoms with Crippen LogP contribution in [0, 0.1) is 0 Å². The summed E-state index contributed by atoms with van der Waals surface area (Å²) in [7, 11) is -1.68. The molecule has 0 atom stereocenters. The molecule has 2 rings (SSSR count). The normalized spacial score (nSPS) is 10.9. The minimum atomic E-state index is -3.32. The zero-order valence-electron chi connectivity index (χ0n) is 18.5. The summed E-state index contributed by atoms with van der Waals surface area (Å²) in [6.07, 6.45) is 1.64. The van der Waals surface area contributed by atoms with Crippen LogP contribution in [0.4, 0.5) is 11.4 Å². The highest BCUT2D eigenvalue weighted by Crippen LogP contribution is 2.21. The van der Waals surface area contributed by atoms with Crippen molar-refractivity contribution in [2.24, 2.45) is 0 Å². The number of carbonyl (C=O) groups excluding carboxylic acids is 3. The number of anilines is 2. The maximum atomic E-state index is 12.8. The molecule has 0 bridgehead atoms. The van der Waals surface area contributed by atoms with Crippen LogP contribution in [0.3, 0.4) is 0 Å². The molecule has 0 aliphatic heterocycles. The zero-order chi connectivity index (χ0) is 23.9. The number of ether oxygens (including phenoxy) is 1. The maximum absolute atomic E-state index is 12.8. The van der Waals surface area contributed by atoms with E-state index in [-0.39, 0.29) is 29.2 Å². The van der Waals surface area contributed by atoms with E-state index >= 15 is 0 Å². The average molecular weight is 462 g/mol. The fourth-order valence-corrected chi connectivity index (χ4v) is 3.57. The monoisotopic (exact) mass is 461 g/mol. The van der Waals surface area contributed by atoms with Gasteiger partial charge >= 0.3 is 0 Å². The van der Waals surface area contributed by atoms with Crippen LogP contribution in [-0.2, 0) is 19.4 Å². The van der Waals surface area contributed by atoms with Gasteiger partial charge in [0.2, 0.25) is 11.8 Å². The van der Waals surface area contributed by atoms with Crippen molar-refractivity contribution >= 4 is 38.9 Å². The smallest absolute Gasteiger partial charge is 0.253 e. The summed E-state index contributed by atoms with van der Waals surface area (Å²) >= 11 is 0. The van der Waals surface area contributed by atoms with Gasteiger partial charge in [0.1, 0.15) is 5.75 Å². The van der Waals surface area contributed by atoms with E-state index in [1.54, 1.807) is 37.4 Å². The van der Waals surface area contributed by atoms with Crippen LogP contribution in [0.25, 0.3) is 0 Å². The molecule has 0 radical (unpaired) electrons. The topological polar surface area (TPSA) is 122 Å². The maximum Gasteiger partial charge on any atom is 0.253 e. The molecule has 3 amide bonds. The average Bonchev–Trinajstić information content (AvgIpc) is 2.69. The van der Waals surface area contributed by atoms with Crippen LogP contribution in [-0.4, -0.2) is 57.5 Å². The molecule has 2 aromatic rings. The SMILES string of the molecule is CC(=O)Nc1cc(NC(C)=O)cc(C(=O)N(C)CCCOc2cccc(S(C)(=O)=O)c2)c1. The summed E-state index contributed by atoms with van der Waals surface area (Å²) in [5, 5.41) is 5.23. The molecule has 32 heavy (non-hydrogen) atoms. The first-order chi connectivity index (χ1) is 15.0. The predicted molar refractivity (Wildman–Crippen MR) is 122 cm³/mol. The molecule has 0 heterocycles. The Labute approximate surface area is 187 Å². The third kappa shape index (κ3) is 7.69. The van der Waals surface area contributed by atoms with E-state index in [0.29, 0.717) is 35.7 Å². The Hall–Kier alpha value is -3.40. The van der Waals surface area contributed by atoms with Gasteiger partial charge in [-0.25, -0.2) is 8.42 Å². The van der Waals surface area contributed by atoms with Crippen LogP contribution in [0.5, 0.6) is 5.75 Å². The molecule has 0 spiro atoms. The standard InChI is InChI=1S/C22H27N3O6S/c1-15(26)23-18-11-17(12-19(13-18)24-16(2)27)22(28)25(3)9-6-10-31-20-7-5-8-21(14-20)32(4,29)30/h5,7-8,11-14H,6,9-10H2,1-4H3,(H,23,26)(H,24,27).